The molecule has 0 radical (unpaired) electrons. The van der Waals surface area contributed by atoms with E-state index in [0.717, 1.165) is 0 Å². The molecule has 0 aliphatic heterocycles. The van der Waals surface area contributed by atoms with Crippen LogP contribution in [0, 0.1) is 0 Å². The molecule has 0 saturated carbocycles. The molecule has 1 amide bonds. The van der Waals surface area contributed by atoms with E-state index in [1.54, 1.807) is 6.92 Å². The maximum Gasteiger partial charge on any atom is 0.404 e. The Balaban J connectivity index is 0.000000183. The van der Waals surface area contributed by atoms with E-state index in [1.165, 1.54) is 6.33 Å². The third kappa shape index (κ3) is 8.34. The Morgan fingerprint density at radius 2 is 2.55 bits per heavy atom. The number of H-pyrrole nitrogens is 1. The molecule has 0 saturated heterocycles. The molecular formula is C4H9N5O2. The van der Waals surface area contributed by atoms with Crippen molar-refractivity contribution in [2.75, 3.05) is 6.61 Å². The number of hydrogen-bond donors (Lipinski definition) is 2. The second kappa shape index (κ2) is 6.46. The highest BCUT2D eigenvalue weighted by Crippen LogP contribution is 1.66. The van der Waals surface area contributed by atoms with Crippen LogP contribution in [0.5, 0.6) is 0 Å². The normalized spacial score (nSPS) is 7.73. The topological polar surface area (TPSA) is 107 Å². The van der Waals surface area contributed by atoms with E-state index in [-0.39, 0.29) is 0 Å². The van der Waals surface area contributed by atoms with Gasteiger partial charge in [0.15, 0.2) is 6.33 Å². The number of rotatable bonds is 1. The average molecular weight is 159 g/mol. The van der Waals surface area contributed by atoms with Gasteiger partial charge in [-0.25, -0.2) is 4.79 Å². The van der Waals surface area contributed by atoms with Crippen molar-refractivity contribution in [2.45, 2.75) is 6.92 Å². The fraction of sp³-hybridized carbons (Fsp3) is 0.500. The standard InChI is InChI=1S/C3H7NO2.CH2N4/c1-2-6-3(4)5;1-2-4-5-3-1/h2H2,1H3,(H2,4,5);1H,(H,2,3,4,5). The van der Waals surface area contributed by atoms with Crippen molar-refractivity contribution in [3.05, 3.63) is 6.33 Å². The minimum Gasteiger partial charge on any atom is -0.450 e. The zero-order valence-corrected chi connectivity index (χ0v) is 6.02. The van der Waals surface area contributed by atoms with Crippen molar-refractivity contribution >= 4 is 6.09 Å². The number of carbonyl (C=O) groups excluding carboxylic acids is 1. The predicted octanol–water partition coefficient (Wildman–Crippen LogP) is -0.699. The van der Waals surface area contributed by atoms with E-state index in [2.05, 4.69) is 31.1 Å². The van der Waals surface area contributed by atoms with E-state index >= 15 is 0 Å². The largest absolute Gasteiger partial charge is 0.450 e. The molecule has 0 bridgehead atoms. The minimum absolute atomic E-state index is 0.356. The Bertz CT molecular complexity index is 157. The zero-order chi connectivity index (χ0) is 8.53. The Morgan fingerprint density at radius 3 is 2.64 bits per heavy atom. The number of nitrogens with two attached hydrogens (primary N) is 1. The average Bonchev–Trinajstić information content (AvgIpc) is 2.41. The maximum absolute atomic E-state index is 9.60. The zero-order valence-electron chi connectivity index (χ0n) is 6.02. The van der Waals surface area contributed by atoms with Crippen LogP contribution in [0.3, 0.4) is 0 Å². The van der Waals surface area contributed by atoms with Gasteiger partial charge in [-0.05, 0) is 6.92 Å². The number of aromatic nitrogens is 4. The highest BCUT2D eigenvalue weighted by Gasteiger charge is 1.82. The number of nitrogens with zero attached hydrogens (tertiary/aromatic N) is 3. The van der Waals surface area contributed by atoms with Gasteiger partial charge in [-0.3, -0.25) is 0 Å². The maximum atomic E-state index is 9.60. The molecule has 62 valence electrons. The molecule has 0 fully saturated rings. The lowest BCUT2D eigenvalue weighted by molar-refractivity contribution is 0.163. The smallest absolute Gasteiger partial charge is 0.404 e. The first-order valence-corrected chi connectivity index (χ1v) is 2.86. The molecule has 7 heteroatoms. The van der Waals surface area contributed by atoms with Crippen LogP contribution in [-0.2, 0) is 4.74 Å². The number of primary amides is 1. The second-order valence-electron chi connectivity index (χ2n) is 1.31. The molecule has 0 aromatic carbocycles. The number of hydrogen-bond acceptors (Lipinski definition) is 5. The summed E-state index contributed by atoms with van der Waals surface area (Å²) in [5, 5.41) is 12.2. The summed E-state index contributed by atoms with van der Waals surface area (Å²) in [7, 11) is 0. The van der Waals surface area contributed by atoms with Gasteiger partial charge >= 0.3 is 6.09 Å². The predicted molar refractivity (Wildman–Crippen MR) is 35.4 cm³/mol. The summed E-state index contributed by atoms with van der Waals surface area (Å²) in [5.74, 6) is 0. The van der Waals surface area contributed by atoms with Crippen LogP contribution < -0.4 is 5.73 Å². The lowest BCUT2D eigenvalue weighted by Gasteiger charge is -1.89. The lowest BCUT2D eigenvalue weighted by atomic mass is 10.9. The van der Waals surface area contributed by atoms with Crippen molar-refractivity contribution in [1.29, 1.82) is 0 Å². The summed E-state index contributed by atoms with van der Waals surface area (Å²) >= 11 is 0. The number of tetrazole rings is 1. The SMILES string of the molecule is CCOC(N)=O.c1nn[nH]n1. The van der Waals surface area contributed by atoms with Gasteiger partial charge in [0.1, 0.15) is 0 Å². The highest BCUT2D eigenvalue weighted by atomic mass is 16.5. The van der Waals surface area contributed by atoms with Crippen LogP contribution in [0.1, 0.15) is 6.92 Å². The molecule has 1 aromatic rings. The summed E-state index contributed by atoms with van der Waals surface area (Å²) in [6, 6.07) is 0. The van der Waals surface area contributed by atoms with Crippen LogP contribution in [-0.4, -0.2) is 33.3 Å². The van der Waals surface area contributed by atoms with Gasteiger partial charge in [0.25, 0.3) is 0 Å². The second-order valence-corrected chi connectivity index (χ2v) is 1.31. The van der Waals surface area contributed by atoms with Crippen LogP contribution in [0.25, 0.3) is 0 Å². The number of ether oxygens (including phenoxy) is 1. The third-order valence-electron chi connectivity index (χ3n) is 0.556. The minimum atomic E-state index is -0.711. The van der Waals surface area contributed by atoms with E-state index in [0.29, 0.717) is 6.61 Å². The molecule has 11 heavy (non-hydrogen) atoms. The molecule has 0 unspecified atom stereocenters. The Hall–Kier alpha value is -1.66. The lowest BCUT2D eigenvalue weighted by Crippen LogP contribution is -2.11. The van der Waals surface area contributed by atoms with E-state index in [1.807, 2.05) is 0 Å². The van der Waals surface area contributed by atoms with Gasteiger partial charge in [0, 0.05) is 0 Å². The Morgan fingerprint density at radius 1 is 1.82 bits per heavy atom. The molecule has 3 N–H and O–H groups in total. The fourth-order valence-corrected chi connectivity index (χ4v) is 0.271. The van der Waals surface area contributed by atoms with E-state index in [4.69, 9.17) is 0 Å². The molecular weight excluding hydrogens is 150 g/mol. The van der Waals surface area contributed by atoms with Gasteiger partial charge in [-0.15, -0.1) is 10.2 Å². The summed E-state index contributed by atoms with van der Waals surface area (Å²) < 4.78 is 4.18. The quantitative estimate of drug-likeness (QED) is 0.563. The Labute approximate surface area is 62.9 Å². The van der Waals surface area contributed by atoms with Crippen molar-refractivity contribution in [1.82, 2.24) is 20.6 Å². The molecule has 0 atom stereocenters. The van der Waals surface area contributed by atoms with Crippen LogP contribution in [0.4, 0.5) is 4.79 Å². The molecule has 0 aliphatic carbocycles. The van der Waals surface area contributed by atoms with Gasteiger partial charge in [0.05, 0.1) is 6.61 Å². The third-order valence-corrected chi connectivity index (χ3v) is 0.556. The van der Waals surface area contributed by atoms with Gasteiger partial charge < -0.3 is 10.5 Å². The molecule has 1 heterocycles. The molecule has 0 spiro atoms. The van der Waals surface area contributed by atoms with Gasteiger partial charge in [0.2, 0.25) is 0 Å². The summed E-state index contributed by atoms with van der Waals surface area (Å²) in [6.45, 7) is 2.06. The summed E-state index contributed by atoms with van der Waals surface area (Å²) in [4.78, 5) is 9.60. The monoisotopic (exact) mass is 159 g/mol. The van der Waals surface area contributed by atoms with Crippen molar-refractivity contribution in [3.63, 3.8) is 0 Å². The van der Waals surface area contributed by atoms with Gasteiger partial charge in [-0.1, -0.05) is 5.21 Å². The van der Waals surface area contributed by atoms with Crippen LogP contribution in [0.15, 0.2) is 6.33 Å². The summed E-state index contributed by atoms with van der Waals surface area (Å²) in [6.07, 6.45) is 0.623. The molecule has 7 nitrogen and oxygen atoms in total. The molecule has 0 aliphatic rings. The fourth-order valence-electron chi connectivity index (χ4n) is 0.271. The first kappa shape index (κ1) is 9.34. The van der Waals surface area contributed by atoms with Gasteiger partial charge in [-0.2, -0.15) is 5.21 Å². The first-order valence-electron chi connectivity index (χ1n) is 2.86. The number of nitrogens with one attached hydrogen (secondary N) is 1. The summed E-state index contributed by atoms with van der Waals surface area (Å²) in [5.41, 5.74) is 4.54. The number of carbonyl (C=O) groups is 1. The van der Waals surface area contributed by atoms with Crippen LogP contribution >= 0.6 is 0 Å². The molecule has 1 rings (SSSR count). The first-order chi connectivity index (χ1) is 5.27. The van der Waals surface area contributed by atoms with E-state index < -0.39 is 6.09 Å². The Kier molecular flexibility index (Phi) is 5.49. The number of amides is 1. The van der Waals surface area contributed by atoms with E-state index in [9.17, 15) is 4.79 Å². The highest BCUT2D eigenvalue weighted by molar-refractivity contribution is 5.64. The van der Waals surface area contributed by atoms with Crippen LogP contribution in [0.2, 0.25) is 0 Å². The molecule has 1 aromatic heterocycles. The van der Waals surface area contributed by atoms with Crippen molar-refractivity contribution < 1.29 is 9.53 Å². The van der Waals surface area contributed by atoms with Crippen molar-refractivity contribution in [2.24, 2.45) is 5.73 Å². The van der Waals surface area contributed by atoms with Crippen molar-refractivity contribution in [3.8, 4) is 0 Å². The number of aromatic amines is 1.